The van der Waals surface area contributed by atoms with E-state index in [1.165, 1.54) is 17.2 Å². The second kappa shape index (κ2) is 7.27. The summed E-state index contributed by atoms with van der Waals surface area (Å²) in [5.41, 5.74) is 0.935. The number of carbonyl (C=O) groups is 2. The largest absolute Gasteiger partial charge is 0.478 e. The van der Waals surface area contributed by atoms with E-state index in [4.69, 9.17) is 9.84 Å². The van der Waals surface area contributed by atoms with Crippen molar-refractivity contribution in [2.24, 2.45) is 0 Å². The fraction of sp³-hybridized carbons (Fsp3) is 0.308. The third-order valence-electron chi connectivity index (χ3n) is 2.40. The highest BCUT2D eigenvalue weighted by Gasteiger charge is 2.12. The van der Waals surface area contributed by atoms with Crippen molar-refractivity contribution in [3.8, 4) is 0 Å². The van der Waals surface area contributed by atoms with Gasteiger partial charge in [-0.2, -0.15) is 0 Å². The van der Waals surface area contributed by atoms with Crippen molar-refractivity contribution in [2.75, 3.05) is 27.3 Å². The number of hydrogen-bond donors (Lipinski definition) is 1. The number of aromatic nitrogens is 1. The van der Waals surface area contributed by atoms with Gasteiger partial charge in [-0.25, -0.2) is 4.79 Å². The van der Waals surface area contributed by atoms with E-state index in [0.717, 1.165) is 6.08 Å². The average Bonchev–Trinajstić information content (AvgIpc) is 2.42. The molecule has 0 saturated carbocycles. The van der Waals surface area contributed by atoms with Crippen LogP contribution in [0.4, 0.5) is 0 Å². The number of nitrogens with zero attached hydrogens (tertiary/aromatic N) is 2. The van der Waals surface area contributed by atoms with Gasteiger partial charge in [-0.3, -0.25) is 9.78 Å². The van der Waals surface area contributed by atoms with Crippen LogP contribution in [0, 0.1) is 0 Å². The van der Waals surface area contributed by atoms with E-state index < -0.39 is 5.97 Å². The molecule has 0 aliphatic heterocycles. The molecule has 0 unspecified atom stereocenters. The molecule has 0 aromatic carbocycles. The van der Waals surface area contributed by atoms with Crippen LogP contribution >= 0.6 is 0 Å². The molecule has 1 aromatic heterocycles. The number of rotatable bonds is 6. The van der Waals surface area contributed by atoms with Gasteiger partial charge in [-0.15, -0.1) is 0 Å². The van der Waals surface area contributed by atoms with E-state index >= 15 is 0 Å². The molecule has 0 saturated heterocycles. The van der Waals surface area contributed by atoms with Crippen LogP contribution in [-0.2, 0) is 9.53 Å². The fourth-order valence-corrected chi connectivity index (χ4v) is 1.32. The van der Waals surface area contributed by atoms with Crippen LogP contribution in [0.5, 0.6) is 0 Å². The van der Waals surface area contributed by atoms with Crippen LogP contribution in [-0.4, -0.2) is 54.2 Å². The number of methoxy groups -OCH3 is 1. The molecule has 1 rings (SSSR count). The van der Waals surface area contributed by atoms with E-state index in [1.54, 1.807) is 26.3 Å². The first-order valence-electron chi connectivity index (χ1n) is 5.66. The Morgan fingerprint density at radius 1 is 1.47 bits per heavy atom. The highest BCUT2D eigenvalue weighted by atomic mass is 16.5. The molecule has 0 fully saturated rings. The van der Waals surface area contributed by atoms with Gasteiger partial charge < -0.3 is 14.7 Å². The van der Waals surface area contributed by atoms with Crippen molar-refractivity contribution in [3.63, 3.8) is 0 Å². The topological polar surface area (TPSA) is 79.7 Å². The van der Waals surface area contributed by atoms with Gasteiger partial charge in [0, 0.05) is 33.0 Å². The van der Waals surface area contributed by atoms with Gasteiger partial charge in [0.2, 0.25) is 0 Å². The zero-order valence-corrected chi connectivity index (χ0v) is 10.9. The summed E-state index contributed by atoms with van der Waals surface area (Å²) in [5, 5.41) is 8.49. The zero-order chi connectivity index (χ0) is 14.3. The second-order valence-electron chi connectivity index (χ2n) is 3.87. The highest BCUT2D eigenvalue weighted by molar-refractivity contribution is 5.92. The normalized spacial score (nSPS) is 10.6. The van der Waals surface area contributed by atoms with Gasteiger partial charge in [-0.1, -0.05) is 6.07 Å². The van der Waals surface area contributed by atoms with Crippen LogP contribution in [0.1, 0.15) is 16.1 Å². The third-order valence-corrected chi connectivity index (χ3v) is 2.40. The standard InChI is InChI=1S/C13H16N2O4/c1-15(7-8-19-2)13(18)11-5-3-10(9-14-11)4-6-12(16)17/h3-6,9H,7-8H2,1-2H3,(H,16,17). The maximum atomic E-state index is 11.9. The second-order valence-corrected chi connectivity index (χ2v) is 3.87. The Kier molecular flexibility index (Phi) is 5.69. The lowest BCUT2D eigenvalue weighted by Gasteiger charge is -2.15. The van der Waals surface area contributed by atoms with Crippen LogP contribution in [0.2, 0.25) is 0 Å². The molecule has 19 heavy (non-hydrogen) atoms. The molecule has 0 aliphatic rings. The van der Waals surface area contributed by atoms with Crippen LogP contribution in [0.25, 0.3) is 6.08 Å². The fourth-order valence-electron chi connectivity index (χ4n) is 1.32. The summed E-state index contributed by atoms with van der Waals surface area (Å²) in [6.45, 7) is 0.944. The van der Waals surface area contributed by atoms with Crippen molar-refractivity contribution >= 4 is 18.0 Å². The van der Waals surface area contributed by atoms with Gasteiger partial charge in [0.05, 0.1) is 6.61 Å². The van der Waals surface area contributed by atoms with Crippen molar-refractivity contribution < 1.29 is 19.4 Å². The van der Waals surface area contributed by atoms with E-state index in [1.807, 2.05) is 0 Å². The number of pyridine rings is 1. The van der Waals surface area contributed by atoms with E-state index in [2.05, 4.69) is 4.98 Å². The average molecular weight is 264 g/mol. The van der Waals surface area contributed by atoms with Gasteiger partial charge in [0.25, 0.3) is 5.91 Å². The van der Waals surface area contributed by atoms with Gasteiger partial charge in [0.1, 0.15) is 5.69 Å². The molecule has 0 radical (unpaired) electrons. The summed E-state index contributed by atoms with van der Waals surface area (Å²) in [6, 6.07) is 3.21. The Hall–Kier alpha value is -2.21. The van der Waals surface area contributed by atoms with Crippen LogP contribution < -0.4 is 0 Å². The summed E-state index contributed by atoms with van der Waals surface area (Å²) < 4.78 is 4.89. The minimum atomic E-state index is -1.03. The quantitative estimate of drug-likeness (QED) is 0.772. The first-order valence-corrected chi connectivity index (χ1v) is 5.66. The molecule has 1 amide bonds. The van der Waals surface area contributed by atoms with Crippen LogP contribution in [0.3, 0.4) is 0 Å². The van der Waals surface area contributed by atoms with Gasteiger partial charge in [-0.05, 0) is 17.7 Å². The Labute approximate surface area is 111 Å². The highest BCUT2D eigenvalue weighted by Crippen LogP contribution is 2.05. The Morgan fingerprint density at radius 2 is 2.21 bits per heavy atom. The van der Waals surface area contributed by atoms with Crippen LogP contribution in [0.15, 0.2) is 24.4 Å². The van der Waals surface area contributed by atoms with Crippen molar-refractivity contribution in [3.05, 3.63) is 35.7 Å². The number of ether oxygens (including phenoxy) is 1. The minimum Gasteiger partial charge on any atom is -0.478 e. The molecule has 1 N–H and O–H groups in total. The molecule has 0 atom stereocenters. The van der Waals surface area contributed by atoms with Crippen molar-refractivity contribution in [1.29, 1.82) is 0 Å². The number of carbonyl (C=O) groups excluding carboxylic acids is 1. The molecule has 1 heterocycles. The summed E-state index contributed by atoms with van der Waals surface area (Å²) >= 11 is 0. The Balaban J connectivity index is 2.70. The maximum Gasteiger partial charge on any atom is 0.328 e. The third kappa shape index (κ3) is 4.89. The number of amides is 1. The summed E-state index contributed by atoms with van der Waals surface area (Å²) in [4.78, 5) is 27.8. The number of hydrogen-bond acceptors (Lipinski definition) is 4. The number of carboxylic acid groups (broad SMARTS) is 1. The lowest BCUT2D eigenvalue weighted by Crippen LogP contribution is -2.30. The van der Waals surface area contributed by atoms with E-state index in [-0.39, 0.29) is 5.91 Å². The number of likely N-dealkylation sites (N-methyl/N-ethyl adjacent to an activating group) is 1. The van der Waals surface area contributed by atoms with E-state index in [9.17, 15) is 9.59 Å². The molecule has 102 valence electrons. The predicted molar refractivity (Wildman–Crippen MR) is 69.7 cm³/mol. The lowest BCUT2D eigenvalue weighted by atomic mass is 10.2. The summed E-state index contributed by atoms with van der Waals surface area (Å²) in [6.07, 6.45) is 3.89. The van der Waals surface area contributed by atoms with Gasteiger partial charge in [0.15, 0.2) is 0 Å². The number of carboxylic acids is 1. The Bertz CT molecular complexity index is 468. The Morgan fingerprint density at radius 3 is 2.74 bits per heavy atom. The smallest absolute Gasteiger partial charge is 0.328 e. The predicted octanol–water partition coefficient (Wildman–Crippen LogP) is 0.898. The molecular formula is C13H16N2O4. The maximum absolute atomic E-state index is 11.9. The molecule has 6 nitrogen and oxygen atoms in total. The molecule has 1 aromatic rings. The molecule has 6 heteroatoms. The monoisotopic (exact) mass is 264 g/mol. The summed E-state index contributed by atoms with van der Waals surface area (Å²) in [5.74, 6) is -1.23. The SMILES string of the molecule is COCCN(C)C(=O)c1ccc(C=CC(=O)O)cn1. The first-order chi connectivity index (χ1) is 9.04. The molecule has 0 bridgehead atoms. The summed E-state index contributed by atoms with van der Waals surface area (Å²) in [7, 11) is 3.24. The number of aliphatic carboxylic acids is 1. The van der Waals surface area contributed by atoms with Gasteiger partial charge >= 0.3 is 5.97 Å². The lowest BCUT2D eigenvalue weighted by molar-refractivity contribution is -0.131. The zero-order valence-electron chi connectivity index (χ0n) is 10.9. The molecule has 0 spiro atoms. The van der Waals surface area contributed by atoms with Crippen molar-refractivity contribution in [1.82, 2.24) is 9.88 Å². The minimum absolute atomic E-state index is 0.203. The van der Waals surface area contributed by atoms with E-state index in [0.29, 0.717) is 24.4 Å². The first kappa shape index (κ1) is 14.8. The van der Waals surface area contributed by atoms with Crippen molar-refractivity contribution in [2.45, 2.75) is 0 Å². The molecular weight excluding hydrogens is 248 g/mol. The molecule has 0 aliphatic carbocycles.